The van der Waals surface area contributed by atoms with Gasteiger partial charge in [-0.05, 0) is 49.6 Å². The van der Waals surface area contributed by atoms with Crippen LogP contribution in [-0.4, -0.2) is 36.1 Å². The Labute approximate surface area is 133 Å². The molecule has 1 aromatic carbocycles. The van der Waals surface area contributed by atoms with Gasteiger partial charge in [0.05, 0.1) is 0 Å². The molecule has 0 radical (unpaired) electrons. The molecule has 2 heterocycles. The predicted octanol–water partition coefficient (Wildman–Crippen LogP) is 3.33. The Bertz CT molecular complexity index is 643. The van der Waals surface area contributed by atoms with Gasteiger partial charge in [-0.3, -0.25) is 9.88 Å². The quantitative estimate of drug-likeness (QED) is 0.866. The van der Waals surface area contributed by atoms with E-state index in [2.05, 4.69) is 59.8 Å². The summed E-state index contributed by atoms with van der Waals surface area (Å²) in [5.41, 5.74) is 6.62. The van der Waals surface area contributed by atoms with E-state index in [1.807, 2.05) is 12.3 Å². The summed E-state index contributed by atoms with van der Waals surface area (Å²) in [6.07, 6.45) is 1.87. The number of piperazine rings is 1. The maximum absolute atomic E-state index is 4.39. The minimum atomic E-state index is 1.01. The van der Waals surface area contributed by atoms with E-state index in [1.165, 1.54) is 22.4 Å². The molecule has 1 aromatic heterocycles. The number of hydrogen-bond acceptors (Lipinski definition) is 3. The van der Waals surface area contributed by atoms with Gasteiger partial charge in [0.25, 0.3) is 0 Å². The summed E-state index contributed by atoms with van der Waals surface area (Å²) in [6.45, 7) is 11.9. The van der Waals surface area contributed by atoms with Crippen molar-refractivity contribution >= 4 is 5.69 Å². The van der Waals surface area contributed by atoms with E-state index >= 15 is 0 Å². The summed E-state index contributed by atoms with van der Waals surface area (Å²) in [5, 5.41) is 0. The third kappa shape index (κ3) is 3.30. The van der Waals surface area contributed by atoms with Crippen LogP contribution in [0.15, 0.2) is 36.5 Å². The van der Waals surface area contributed by atoms with Crippen LogP contribution < -0.4 is 4.90 Å². The second-order valence-electron chi connectivity index (χ2n) is 6.30. The Kier molecular flexibility index (Phi) is 4.44. The SMILES string of the molecule is Cc1ccc(C)c(N2CCN(Cc3cccnc3C)CC2)c1. The second kappa shape index (κ2) is 6.49. The molecule has 0 unspecified atom stereocenters. The fourth-order valence-corrected chi connectivity index (χ4v) is 3.13. The molecule has 0 saturated carbocycles. The Balaban J connectivity index is 1.63. The molecule has 116 valence electrons. The molecule has 3 nitrogen and oxygen atoms in total. The van der Waals surface area contributed by atoms with Gasteiger partial charge in [-0.2, -0.15) is 0 Å². The summed E-state index contributed by atoms with van der Waals surface area (Å²) in [4.78, 5) is 9.45. The van der Waals surface area contributed by atoms with Crippen molar-refractivity contribution in [1.82, 2.24) is 9.88 Å². The first-order valence-corrected chi connectivity index (χ1v) is 8.08. The minimum absolute atomic E-state index is 1.01. The lowest BCUT2D eigenvalue weighted by Crippen LogP contribution is -2.46. The van der Waals surface area contributed by atoms with Crippen molar-refractivity contribution in [2.75, 3.05) is 31.1 Å². The van der Waals surface area contributed by atoms with Gasteiger partial charge in [-0.25, -0.2) is 0 Å². The molecule has 1 fully saturated rings. The molecular weight excluding hydrogens is 270 g/mol. The average Bonchev–Trinajstić information content (AvgIpc) is 2.53. The lowest BCUT2D eigenvalue weighted by atomic mass is 10.1. The van der Waals surface area contributed by atoms with Gasteiger partial charge in [0.15, 0.2) is 0 Å². The van der Waals surface area contributed by atoms with Gasteiger partial charge < -0.3 is 4.90 Å². The molecule has 0 atom stereocenters. The topological polar surface area (TPSA) is 19.4 Å². The molecule has 0 bridgehead atoms. The maximum Gasteiger partial charge on any atom is 0.0417 e. The number of aromatic nitrogens is 1. The van der Waals surface area contributed by atoms with Crippen LogP contribution in [0.1, 0.15) is 22.4 Å². The highest BCUT2D eigenvalue weighted by molar-refractivity contribution is 5.55. The van der Waals surface area contributed by atoms with Crippen LogP contribution in [0.5, 0.6) is 0 Å². The molecule has 3 heteroatoms. The fourth-order valence-electron chi connectivity index (χ4n) is 3.13. The van der Waals surface area contributed by atoms with Crippen LogP contribution in [0, 0.1) is 20.8 Å². The van der Waals surface area contributed by atoms with Crippen LogP contribution in [0.2, 0.25) is 0 Å². The van der Waals surface area contributed by atoms with Crippen molar-refractivity contribution in [3.8, 4) is 0 Å². The van der Waals surface area contributed by atoms with E-state index in [1.54, 1.807) is 0 Å². The summed E-state index contributed by atoms with van der Waals surface area (Å²) in [6, 6.07) is 11.0. The van der Waals surface area contributed by atoms with Crippen molar-refractivity contribution in [2.24, 2.45) is 0 Å². The Morgan fingerprint density at radius 1 is 1.00 bits per heavy atom. The smallest absolute Gasteiger partial charge is 0.0417 e. The molecule has 1 aliphatic rings. The summed E-state index contributed by atoms with van der Waals surface area (Å²) in [5.74, 6) is 0. The van der Waals surface area contributed by atoms with Crippen LogP contribution in [0.4, 0.5) is 5.69 Å². The first-order valence-electron chi connectivity index (χ1n) is 8.08. The zero-order chi connectivity index (χ0) is 15.5. The molecule has 1 saturated heterocycles. The lowest BCUT2D eigenvalue weighted by Gasteiger charge is -2.37. The number of rotatable bonds is 3. The highest BCUT2D eigenvalue weighted by atomic mass is 15.3. The first kappa shape index (κ1) is 15.0. The van der Waals surface area contributed by atoms with Crippen molar-refractivity contribution in [1.29, 1.82) is 0 Å². The molecule has 0 amide bonds. The first-order chi connectivity index (χ1) is 10.6. The van der Waals surface area contributed by atoms with Crippen LogP contribution >= 0.6 is 0 Å². The van der Waals surface area contributed by atoms with Crippen LogP contribution in [-0.2, 0) is 6.54 Å². The van der Waals surface area contributed by atoms with E-state index in [4.69, 9.17) is 0 Å². The molecule has 0 spiro atoms. The number of nitrogens with zero attached hydrogens (tertiary/aromatic N) is 3. The molecule has 0 aliphatic carbocycles. The monoisotopic (exact) mass is 295 g/mol. The molecule has 22 heavy (non-hydrogen) atoms. The van der Waals surface area contributed by atoms with Gasteiger partial charge in [-0.15, -0.1) is 0 Å². The third-order valence-electron chi connectivity index (χ3n) is 4.59. The second-order valence-corrected chi connectivity index (χ2v) is 6.30. The highest BCUT2D eigenvalue weighted by Crippen LogP contribution is 2.23. The number of pyridine rings is 1. The summed E-state index contributed by atoms with van der Waals surface area (Å²) in [7, 11) is 0. The van der Waals surface area contributed by atoms with Crippen molar-refractivity contribution in [3.05, 3.63) is 58.9 Å². The van der Waals surface area contributed by atoms with E-state index < -0.39 is 0 Å². The summed E-state index contributed by atoms with van der Waals surface area (Å²) < 4.78 is 0. The number of anilines is 1. The van der Waals surface area contributed by atoms with Crippen LogP contribution in [0.25, 0.3) is 0 Å². The maximum atomic E-state index is 4.39. The molecule has 1 aliphatic heterocycles. The average molecular weight is 295 g/mol. The van der Waals surface area contributed by atoms with Gasteiger partial charge >= 0.3 is 0 Å². The van der Waals surface area contributed by atoms with Crippen LogP contribution in [0.3, 0.4) is 0 Å². The lowest BCUT2D eigenvalue weighted by molar-refractivity contribution is 0.249. The third-order valence-corrected chi connectivity index (χ3v) is 4.59. The van der Waals surface area contributed by atoms with E-state index in [0.717, 1.165) is 38.4 Å². The van der Waals surface area contributed by atoms with E-state index in [9.17, 15) is 0 Å². The number of aryl methyl sites for hydroxylation is 3. The van der Waals surface area contributed by atoms with E-state index in [0.29, 0.717) is 0 Å². The number of benzene rings is 1. The zero-order valence-corrected chi connectivity index (χ0v) is 13.8. The normalized spacial score (nSPS) is 16.0. The minimum Gasteiger partial charge on any atom is -0.369 e. The number of hydrogen-bond donors (Lipinski definition) is 0. The van der Waals surface area contributed by atoms with Crippen molar-refractivity contribution in [2.45, 2.75) is 27.3 Å². The fraction of sp³-hybridized carbons (Fsp3) is 0.421. The molecule has 3 rings (SSSR count). The highest BCUT2D eigenvalue weighted by Gasteiger charge is 2.19. The Hall–Kier alpha value is -1.87. The standard InChI is InChI=1S/C19H25N3/c1-15-6-7-16(2)19(13-15)22-11-9-21(10-12-22)14-18-5-4-8-20-17(18)3/h4-8,13H,9-12,14H2,1-3H3. The summed E-state index contributed by atoms with van der Waals surface area (Å²) >= 11 is 0. The largest absolute Gasteiger partial charge is 0.369 e. The molecular formula is C19H25N3. The van der Waals surface area contributed by atoms with Gasteiger partial charge in [0.2, 0.25) is 0 Å². The van der Waals surface area contributed by atoms with Gasteiger partial charge in [0, 0.05) is 50.3 Å². The molecule has 0 N–H and O–H groups in total. The van der Waals surface area contributed by atoms with Crippen molar-refractivity contribution in [3.63, 3.8) is 0 Å². The predicted molar refractivity (Wildman–Crippen MR) is 92.4 cm³/mol. The molecule has 2 aromatic rings. The Morgan fingerprint density at radius 3 is 2.50 bits per heavy atom. The van der Waals surface area contributed by atoms with Gasteiger partial charge in [-0.1, -0.05) is 18.2 Å². The Morgan fingerprint density at radius 2 is 1.77 bits per heavy atom. The zero-order valence-electron chi connectivity index (χ0n) is 13.8. The van der Waals surface area contributed by atoms with Gasteiger partial charge in [0.1, 0.15) is 0 Å². The van der Waals surface area contributed by atoms with Crippen molar-refractivity contribution < 1.29 is 0 Å². The van der Waals surface area contributed by atoms with E-state index in [-0.39, 0.29) is 0 Å².